The molecular weight excluding hydrogens is 1330 g/mol. The number of hydrogen-bond acceptors (Lipinski definition) is 4. The number of nitrogens with zero attached hydrogens (tertiary/aromatic N) is 3. The Morgan fingerprint density at radius 1 is 0.218 bits per heavy atom. The van der Waals surface area contributed by atoms with E-state index in [0.717, 1.165) is 194 Å². The molecule has 0 fully saturated rings. The Labute approximate surface area is 635 Å². The molecule has 0 aliphatic carbocycles. The van der Waals surface area contributed by atoms with Gasteiger partial charge in [0.05, 0.1) is 28.1 Å². The van der Waals surface area contributed by atoms with Crippen LogP contribution in [0.25, 0.3) is 171 Å². The molecule has 23 rings (SSSR count). The molecule has 21 aromatic rings. The van der Waals surface area contributed by atoms with Crippen molar-refractivity contribution < 1.29 is 8.83 Å². The van der Waals surface area contributed by atoms with E-state index in [9.17, 15) is 0 Å². The van der Waals surface area contributed by atoms with Crippen LogP contribution in [0.15, 0.2) is 397 Å². The van der Waals surface area contributed by atoms with Crippen LogP contribution in [0, 0.1) is 0 Å². The van der Waals surface area contributed by atoms with Crippen LogP contribution < -0.4 is 26.2 Å². The highest BCUT2D eigenvalue weighted by Gasteiger charge is 2.46. The Balaban J connectivity index is 0.886. The topological polar surface area (TPSA) is 37.7 Å². The van der Waals surface area contributed by atoms with E-state index < -0.39 is 0 Å². The summed E-state index contributed by atoms with van der Waals surface area (Å²) < 4.78 is 16.0. The van der Waals surface area contributed by atoms with E-state index in [0.29, 0.717) is 0 Å². The number of rotatable bonds is 10. The molecule has 0 spiro atoms. The van der Waals surface area contributed by atoms with Gasteiger partial charge in [0.2, 0.25) is 0 Å². The van der Waals surface area contributed by atoms with Gasteiger partial charge in [-0.05, 0) is 143 Å². The summed E-state index contributed by atoms with van der Waals surface area (Å²) in [7, 11) is 0. The molecule has 510 valence electrons. The van der Waals surface area contributed by atoms with Crippen LogP contribution in [-0.2, 0) is 0 Å². The van der Waals surface area contributed by atoms with Crippen molar-refractivity contribution in [1.29, 1.82) is 0 Å². The first-order valence-electron chi connectivity index (χ1n) is 37.9. The van der Waals surface area contributed by atoms with Crippen LogP contribution in [0.1, 0.15) is 0 Å². The van der Waals surface area contributed by atoms with Crippen molar-refractivity contribution in [2.24, 2.45) is 0 Å². The zero-order valence-corrected chi connectivity index (χ0v) is 59.7. The molecule has 0 radical (unpaired) electrons. The number of para-hydroxylation sites is 7. The van der Waals surface area contributed by atoms with E-state index >= 15 is 0 Å². The van der Waals surface area contributed by atoms with Gasteiger partial charge in [0.25, 0.3) is 6.71 Å². The standard InChI is InChI=1S/C104H64BN3O2/c1-5-28-65(29-6-1)73-44-25-45-74(66-30-7-2-8-31-66)102(73)107-92-58-55-70(69-56-59-98-87(60-69)80-39-20-23-52-96(80)109-98)61-89(92)105-88-57-54-71(99-81-40-13-15-42-83(81)100(84-43-16-14-41-82(84)99)86-49-27-48-85-79-38-19-24-53-97(79)110-104(85)86)62-93(88)108(103-75(67-32-9-3-10-33-67)46-26-47-76(103)68-34-11-4-12-35-68)95-64-72(63-94(107)101(95)105)106-90-50-21-17-36-77(90)78-37-18-22-51-91(78)106/h1-64H. The predicted octanol–water partition coefficient (Wildman–Crippen LogP) is 26.6. The van der Waals surface area contributed by atoms with Gasteiger partial charge < -0.3 is 23.2 Å². The third kappa shape index (κ3) is 9.36. The quantitative estimate of drug-likeness (QED) is 0.101. The molecular formula is C104H64BN3O2. The van der Waals surface area contributed by atoms with Crippen LogP contribution >= 0.6 is 0 Å². The van der Waals surface area contributed by atoms with Crippen LogP contribution in [0.5, 0.6) is 0 Å². The molecule has 0 atom stereocenters. The molecule has 5 heterocycles. The first-order chi connectivity index (χ1) is 54.6. The summed E-state index contributed by atoms with van der Waals surface area (Å²) in [5, 5.41) is 11.4. The number of hydrogen-bond donors (Lipinski definition) is 0. The summed E-state index contributed by atoms with van der Waals surface area (Å²) in [5.41, 5.74) is 32.5. The van der Waals surface area contributed by atoms with Crippen molar-refractivity contribution >= 4 is 144 Å². The third-order valence-corrected chi connectivity index (χ3v) is 23.4. The maximum atomic E-state index is 6.94. The normalized spacial score (nSPS) is 12.5. The molecule has 6 heteroatoms. The van der Waals surface area contributed by atoms with Crippen molar-refractivity contribution in [3.05, 3.63) is 388 Å². The summed E-state index contributed by atoms with van der Waals surface area (Å²) in [5.74, 6) is 0. The Morgan fingerprint density at radius 2 is 0.618 bits per heavy atom. The first kappa shape index (κ1) is 61.8. The molecule has 18 aromatic carbocycles. The largest absolute Gasteiger partial charge is 0.456 e. The second-order valence-corrected chi connectivity index (χ2v) is 29.2. The molecule has 5 nitrogen and oxygen atoms in total. The van der Waals surface area contributed by atoms with Gasteiger partial charge in [-0.1, -0.05) is 328 Å². The minimum absolute atomic E-state index is 0.328. The lowest BCUT2D eigenvalue weighted by atomic mass is 9.33. The van der Waals surface area contributed by atoms with Crippen molar-refractivity contribution in [2.75, 3.05) is 9.80 Å². The average Bonchev–Trinajstić information content (AvgIpc) is 0.714. The van der Waals surface area contributed by atoms with E-state index in [4.69, 9.17) is 8.83 Å². The lowest BCUT2D eigenvalue weighted by Crippen LogP contribution is -2.61. The molecule has 0 saturated carbocycles. The van der Waals surface area contributed by atoms with Crippen LogP contribution in [0.2, 0.25) is 0 Å². The number of benzene rings is 18. The summed E-state index contributed by atoms with van der Waals surface area (Å²) in [6.07, 6.45) is 0. The maximum Gasteiger partial charge on any atom is 0.252 e. The third-order valence-electron chi connectivity index (χ3n) is 23.4. The van der Waals surface area contributed by atoms with E-state index in [-0.39, 0.29) is 6.71 Å². The fourth-order valence-corrected chi connectivity index (χ4v) is 18.7. The SMILES string of the molecule is c1ccc(-c2cccc(-c3ccccc3)c2N2c3ccc(-c4ccc5oc6ccccc6c5c4)cc3B3c4ccc(-c5c6ccccc6c(-c6cccc7c6oc6ccccc67)c6ccccc56)cc4N(c4c(-c5ccccc5)cccc4-c4ccccc4)c4cc(-n5c6ccccc6c6ccccc65)cc2c43)cc1. The minimum Gasteiger partial charge on any atom is -0.456 e. The molecule has 0 bridgehead atoms. The summed E-state index contributed by atoms with van der Waals surface area (Å²) >= 11 is 0. The van der Waals surface area contributed by atoms with Crippen LogP contribution in [0.3, 0.4) is 0 Å². The highest BCUT2D eigenvalue weighted by molar-refractivity contribution is 7.00. The van der Waals surface area contributed by atoms with Gasteiger partial charge in [-0.2, -0.15) is 0 Å². The van der Waals surface area contributed by atoms with Gasteiger partial charge in [-0.15, -0.1) is 0 Å². The highest BCUT2D eigenvalue weighted by atomic mass is 16.3. The fourth-order valence-electron chi connectivity index (χ4n) is 18.7. The molecule has 0 N–H and O–H groups in total. The molecule has 0 amide bonds. The van der Waals surface area contributed by atoms with Gasteiger partial charge in [0.1, 0.15) is 22.3 Å². The summed E-state index contributed by atoms with van der Waals surface area (Å²) in [6, 6.07) is 144. The molecule has 0 unspecified atom stereocenters. The van der Waals surface area contributed by atoms with Gasteiger partial charge >= 0.3 is 0 Å². The Bertz CT molecular complexity index is 7140. The number of aromatic nitrogens is 1. The predicted molar refractivity (Wildman–Crippen MR) is 462 cm³/mol. The number of furan rings is 2. The molecule has 2 aliphatic rings. The lowest BCUT2D eigenvalue weighted by Gasteiger charge is -2.46. The number of anilines is 6. The Kier molecular flexibility index (Phi) is 13.8. The van der Waals surface area contributed by atoms with E-state index in [2.05, 4.69) is 403 Å². The van der Waals surface area contributed by atoms with Gasteiger partial charge in [-0.25, -0.2) is 0 Å². The van der Waals surface area contributed by atoms with Crippen LogP contribution in [-0.4, -0.2) is 11.3 Å². The zero-order chi connectivity index (χ0) is 72.1. The lowest BCUT2D eigenvalue weighted by molar-refractivity contribution is 0.669. The zero-order valence-electron chi connectivity index (χ0n) is 59.7. The fraction of sp³-hybridized carbons (Fsp3) is 0. The van der Waals surface area contributed by atoms with E-state index in [1.807, 2.05) is 0 Å². The van der Waals surface area contributed by atoms with E-state index in [1.165, 1.54) is 27.2 Å². The molecule has 0 saturated heterocycles. The van der Waals surface area contributed by atoms with Gasteiger partial charge in [-0.3, -0.25) is 0 Å². The smallest absolute Gasteiger partial charge is 0.252 e. The van der Waals surface area contributed by atoms with Crippen molar-refractivity contribution in [1.82, 2.24) is 4.57 Å². The van der Waals surface area contributed by atoms with E-state index in [1.54, 1.807) is 0 Å². The second-order valence-electron chi connectivity index (χ2n) is 29.2. The monoisotopic (exact) mass is 1400 g/mol. The van der Waals surface area contributed by atoms with Crippen molar-refractivity contribution in [2.45, 2.75) is 0 Å². The first-order valence-corrected chi connectivity index (χ1v) is 37.9. The van der Waals surface area contributed by atoms with Gasteiger partial charge in [0, 0.05) is 88.4 Å². The van der Waals surface area contributed by atoms with Crippen molar-refractivity contribution in [3.8, 4) is 83.6 Å². The summed E-state index contributed by atoms with van der Waals surface area (Å²) in [4.78, 5) is 5.36. The minimum atomic E-state index is -0.328. The van der Waals surface area contributed by atoms with Crippen molar-refractivity contribution in [3.63, 3.8) is 0 Å². The Hall–Kier alpha value is -14.5. The number of fused-ring (bicyclic) bond motifs is 15. The molecule has 2 aliphatic heterocycles. The van der Waals surface area contributed by atoms with Gasteiger partial charge in [0.15, 0.2) is 0 Å². The van der Waals surface area contributed by atoms with Crippen LogP contribution in [0.4, 0.5) is 34.1 Å². The molecule has 110 heavy (non-hydrogen) atoms. The summed E-state index contributed by atoms with van der Waals surface area (Å²) in [6.45, 7) is -0.328. The maximum absolute atomic E-state index is 6.94. The molecule has 3 aromatic heterocycles. The second kappa shape index (κ2) is 24.6. The Morgan fingerprint density at radius 3 is 1.16 bits per heavy atom. The average molecular weight is 1400 g/mol. The highest BCUT2D eigenvalue weighted by Crippen LogP contribution is 2.56.